The smallest absolute Gasteiger partial charge is 0.324 e. The molecule has 1 aliphatic rings. The van der Waals surface area contributed by atoms with Crippen molar-refractivity contribution in [3.8, 4) is 0 Å². The summed E-state index contributed by atoms with van der Waals surface area (Å²) in [6.45, 7) is 6.05. The van der Waals surface area contributed by atoms with Crippen molar-refractivity contribution in [1.82, 2.24) is 4.90 Å². The molecular formula is C9H17NO2S. The van der Waals surface area contributed by atoms with Crippen LogP contribution in [0.1, 0.15) is 20.8 Å². The number of carboxylic acids is 1. The van der Waals surface area contributed by atoms with Gasteiger partial charge in [0, 0.05) is 5.75 Å². The molecule has 1 rings (SSSR count). The van der Waals surface area contributed by atoms with E-state index in [-0.39, 0.29) is 0 Å². The maximum atomic E-state index is 11.0. The van der Waals surface area contributed by atoms with Crippen molar-refractivity contribution in [2.45, 2.75) is 31.7 Å². The number of rotatable bonds is 2. The fourth-order valence-corrected chi connectivity index (χ4v) is 3.26. The van der Waals surface area contributed by atoms with E-state index in [9.17, 15) is 4.79 Å². The average Bonchev–Trinajstić information content (AvgIpc) is 2.30. The van der Waals surface area contributed by atoms with Gasteiger partial charge in [0.15, 0.2) is 0 Å². The first-order valence-corrected chi connectivity index (χ1v) is 5.52. The highest BCUT2D eigenvalue weighted by molar-refractivity contribution is 8.00. The molecule has 3 nitrogen and oxygen atoms in total. The van der Waals surface area contributed by atoms with E-state index in [1.807, 2.05) is 11.9 Å². The van der Waals surface area contributed by atoms with E-state index in [1.54, 1.807) is 18.7 Å². The van der Waals surface area contributed by atoms with Crippen LogP contribution in [0.15, 0.2) is 0 Å². The Morgan fingerprint density at radius 1 is 1.69 bits per heavy atom. The van der Waals surface area contributed by atoms with Gasteiger partial charge in [-0.2, -0.15) is 0 Å². The summed E-state index contributed by atoms with van der Waals surface area (Å²) in [5, 5.41) is 9.42. The molecular weight excluding hydrogens is 186 g/mol. The summed E-state index contributed by atoms with van der Waals surface area (Å²) in [7, 11) is 1.90. The van der Waals surface area contributed by atoms with Crippen molar-refractivity contribution in [1.29, 1.82) is 0 Å². The Kier molecular flexibility index (Phi) is 2.92. The summed E-state index contributed by atoms with van der Waals surface area (Å²) in [5.41, 5.74) is -0.681. The van der Waals surface area contributed by atoms with Gasteiger partial charge < -0.3 is 5.11 Å². The molecule has 1 heterocycles. The van der Waals surface area contributed by atoms with E-state index >= 15 is 0 Å². The summed E-state index contributed by atoms with van der Waals surface area (Å²) >= 11 is 1.74. The van der Waals surface area contributed by atoms with Gasteiger partial charge in [-0.15, -0.1) is 11.8 Å². The van der Waals surface area contributed by atoms with Gasteiger partial charge in [0.2, 0.25) is 0 Å². The van der Waals surface area contributed by atoms with Crippen LogP contribution in [0.5, 0.6) is 0 Å². The van der Waals surface area contributed by atoms with E-state index < -0.39 is 11.5 Å². The zero-order valence-corrected chi connectivity index (χ0v) is 9.39. The fraction of sp³-hybridized carbons (Fsp3) is 0.889. The minimum atomic E-state index is -0.717. The summed E-state index contributed by atoms with van der Waals surface area (Å²) < 4.78 is 0. The molecule has 0 radical (unpaired) electrons. The lowest BCUT2D eigenvalue weighted by Crippen LogP contribution is -2.51. The third kappa shape index (κ3) is 1.70. The molecule has 1 aliphatic heterocycles. The normalized spacial score (nSPS) is 35.6. The zero-order chi connectivity index (χ0) is 10.2. The minimum Gasteiger partial charge on any atom is -0.480 e. The Morgan fingerprint density at radius 2 is 2.23 bits per heavy atom. The summed E-state index contributed by atoms with van der Waals surface area (Å²) in [6, 6.07) is 0. The molecule has 0 spiro atoms. The van der Waals surface area contributed by atoms with Crippen molar-refractivity contribution < 1.29 is 9.90 Å². The second-order valence-corrected chi connectivity index (χ2v) is 5.24. The first-order valence-electron chi connectivity index (χ1n) is 4.47. The van der Waals surface area contributed by atoms with Gasteiger partial charge in [-0.25, -0.2) is 0 Å². The molecule has 0 aromatic heterocycles. The van der Waals surface area contributed by atoms with Crippen LogP contribution in [0.25, 0.3) is 0 Å². The van der Waals surface area contributed by atoms with Gasteiger partial charge in [0.1, 0.15) is 5.54 Å². The van der Waals surface area contributed by atoms with E-state index in [0.717, 1.165) is 0 Å². The molecule has 0 saturated carbocycles. The van der Waals surface area contributed by atoms with Gasteiger partial charge in [-0.05, 0) is 19.9 Å². The predicted molar refractivity (Wildman–Crippen MR) is 54.9 cm³/mol. The minimum absolute atomic E-state index is 0.334. The van der Waals surface area contributed by atoms with Crippen LogP contribution in [-0.2, 0) is 4.79 Å². The van der Waals surface area contributed by atoms with E-state index in [2.05, 4.69) is 13.8 Å². The molecule has 4 heteroatoms. The van der Waals surface area contributed by atoms with Gasteiger partial charge in [-0.3, -0.25) is 9.69 Å². The molecule has 0 amide bonds. The number of thioether (sulfide) groups is 1. The van der Waals surface area contributed by atoms with Crippen LogP contribution in [0.2, 0.25) is 0 Å². The molecule has 0 unspecified atom stereocenters. The second-order valence-electron chi connectivity index (χ2n) is 4.14. The molecule has 0 aromatic rings. The average molecular weight is 203 g/mol. The number of nitrogens with zero attached hydrogens (tertiary/aromatic N) is 1. The Bertz CT molecular complexity index is 220. The van der Waals surface area contributed by atoms with Crippen LogP contribution in [0.4, 0.5) is 0 Å². The number of hydrogen-bond acceptors (Lipinski definition) is 3. The van der Waals surface area contributed by atoms with Crippen LogP contribution >= 0.6 is 11.8 Å². The van der Waals surface area contributed by atoms with Crippen molar-refractivity contribution in [2.24, 2.45) is 5.92 Å². The molecule has 2 atom stereocenters. The van der Waals surface area contributed by atoms with Crippen molar-refractivity contribution >= 4 is 17.7 Å². The third-order valence-electron chi connectivity index (χ3n) is 2.73. The molecule has 0 aromatic carbocycles. The second kappa shape index (κ2) is 3.50. The summed E-state index contributed by atoms with van der Waals surface area (Å²) in [4.78, 5) is 13.0. The highest BCUT2D eigenvalue weighted by Gasteiger charge is 2.47. The number of aliphatic carboxylic acids is 1. The lowest BCUT2D eigenvalue weighted by atomic mass is 10.0. The lowest BCUT2D eigenvalue weighted by molar-refractivity contribution is -0.148. The quantitative estimate of drug-likeness (QED) is 0.738. The van der Waals surface area contributed by atoms with Crippen LogP contribution < -0.4 is 0 Å². The van der Waals surface area contributed by atoms with E-state index in [1.165, 1.54) is 0 Å². The highest BCUT2D eigenvalue weighted by Crippen LogP contribution is 2.38. The maximum Gasteiger partial charge on any atom is 0.324 e. The molecule has 13 heavy (non-hydrogen) atoms. The molecule has 76 valence electrons. The number of hydrogen-bond donors (Lipinski definition) is 1. The Morgan fingerprint density at radius 3 is 2.46 bits per heavy atom. The van der Waals surface area contributed by atoms with Gasteiger partial charge in [0.05, 0.1) is 5.37 Å². The fourth-order valence-electron chi connectivity index (χ4n) is 1.59. The summed E-state index contributed by atoms with van der Waals surface area (Å²) in [6.07, 6.45) is 0. The van der Waals surface area contributed by atoms with Crippen molar-refractivity contribution in [3.63, 3.8) is 0 Å². The zero-order valence-electron chi connectivity index (χ0n) is 8.57. The van der Waals surface area contributed by atoms with Crippen LogP contribution in [-0.4, -0.2) is 39.7 Å². The third-order valence-corrected chi connectivity index (χ3v) is 4.66. The first kappa shape index (κ1) is 10.9. The summed E-state index contributed by atoms with van der Waals surface area (Å²) in [5.74, 6) is 0.462. The first-order chi connectivity index (χ1) is 5.89. The number of carboxylic acid groups (broad SMARTS) is 1. The van der Waals surface area contributed by atoms with Gasteiger partial charge in [-0.1, -0.05) is 13.8 Å². The lowest BCUT2D eigenvalue weighted by Gasteiger charge is -2.31. The van der Waals surface area contributed by atoms with Gasteiger partial charge >= 0.3 is 5.97 Å². The predicted octanol–water partition coefficient (Wildman–Crippen LogP) is 1.49. The van der Waals surface area contributed by atoms with Crippen molar-refractivity contribution in [2.75, 3.05) is 12.8 Å². The maximum absolute atomic E-state index is 11.0. The van der Waals surface area contributed by atoms with Gasteiger partial charge in [0.25, 0.3) is 0 Å². The standard InChI is InChI=1S/C9H17NO2S/c1-6(2)7-10(4)9(3,5-13-7)8(11)12/h6-7H,5H2,1-4H3,(H,11,12)/t7-,9-/m1/s1. The number of likely N-dealkylation sites (N-methyl/N-ethyl adjacent to an activating group) is 1. The molecule has 1 saturated heterocycles. The Balaban J connectivity index is 2.81. The van der Waals surface area contributed by atoms with E-state index in [4.69, 9.17) is 5.11 Å². The monoisotopic (exact) mass is 203 g/mol. The van der Waals surface area contributed by atoms with Crippen molar-refractivity contribution in [3.05, 3.63) is 0 Å². The van der Waals surface area contributed by atoms with E-state index in [0.29, 0.717) is 17.0 Å². The SMILES string of the molecule is CC(C)[C@H]1SC[C@](C)(C(=O)O)N1C. The Labute approximate surface area is 83.5 Å². The molecule has 0 bridgehead atoms. The number of carbonyl (C=O) groups is 1. The Hall–Kier alpha value is -0.220. The van der Waals surface area contributed by atoms with Crippen LogP contribution in [0.3, 0.4) is 0 Å². The highest BCUT2D eigenvalue weighted by atomic mass is 32.2. The molecule has 1 fully saturated rings. The van der Waals surface area contributed by atoms with Crippen LogP contribution in [0, 0.1) is 5.92 Å². The molecule has 0 aliphatic carbocycles. The largest absolute Gasteiger partial charge is 0.480 e. The molecule has 1 N–H and O–H groups in total. The topological polar surface area (TPSA) is 40.5 Å².